The highest BCUT2D eigenvalue weighted by Gasteiger charge is 2.34. The van der Waals surface area contributed by atoms with E-state index in [4.69, 9.17) is 9.47 Å². The number of aryl methyl sites for hydroxylation is 1. The number of nitrogens with one attached hydrogen (secondary N) is 1. The van der Waals surface area contributed by atoms with Gasteiger partial charge >= 0.3 is 5.97 Å². The Morgan fingerprint density at radius 2 is 1.82 bits per heavy atom. The molecule has 0 aliphatic heterocycles. The number of hydrogen-bond donors (Lipinski definition) is 1. The summed E-state index contributed by atoms with van der Waals surface area (Å²) >= 11 is 0. The summed E-state index contributed by atoms with van der Waals surface area (Å²) in [5.74, 6) is 0.221. The molecule has 0 aliphatic rings. The van der Waals surface area contributed by atoms with E-state index in [1.165, 1.54) is 7.11 Å². The molecule has 1 aromatic rings. The van der Waals surface area contributed by atoms with Gasteiger partial charge in [-0.25, -0.2) is 4.79 Å². The van der Waals surface area contributed by atoms with E-state index in [2.05, 4.69) is 5.32 Å². The Kier molecular flexibility index (Phi) is 6.89. The first kappa shape index (κ1) is 18.0. The van der Waals surface area contributed by atoms with Crippen molar-refractivity contribution < 1.29 is 19.1 Å². The maximum atomic E-state index is 12.1. The van der Waals surface area contributed by atoms with E-state index in [1.807, 2.05) is 31.2 Å². The second-order valence-corrected chi connectivity index (χ2v) is 5.47. The largest absolute Gasteiger partial charge is 0.497 e. The fourth-order valence-electron chi connectivity index (χ4n) is 2.36. The van der Waals surface area contributed by atoms with Crippen LogP contribution in [0.15, 0.2) is 24.3 Å². The lowest BCUT2D eigenvalue weighted by molar-refractivity contribution is -0.150. The summed E-state index contributed by atoms with van der Waals surface area (Å²) in [4.78, 5) is 24.0. The van der Waals surface area contributed by atoms with Crippen molar-refractivity contribution in [2.24, 2.45) is 0 Å². The third-order valence-electron chi connectivity index (χ3n) is 3.60. The Bertz CT molecular complexity index is 498. The summed E-state index contributed by atoms with van der Waals surface area (Å²) in [5.41, 5.74) is 0.0896. The molecule has 0 saturated carbocycles. The van der Waals surface area contributed by atoms with Crippen LogP contribution in [-0.4, -0.2) is 31.6 Å². The SMILES string of the molecule is CCCC(C)(NC(=O)CCc1ccc(OC)cc1)C(=O)OC. The fourth-order valence-corrected chi connectivity index (χ4v) is 2.36. The highest BCUT2D eigenvalue weighted by Crippen LogP contribution is 2.16. The predicted molar refractivity (Wildman–Crippen MR) is 84.8 cm³/mol. The van der Waals surface area contributed by atoms with Gasteiger partial charge in [-0.2, -0.15) is 0 Å². The van der Waals surface area contributed by atoms with Gasteiger partial charge in [-0.1, -0.05) is 25.5 Å². The van der Waals surface area contributed by atoms with E-state index in [1.54, 1.807) is 14.0 Å². The molecule has 0 heterocycles. The highest BCUT2D eigenvalue weighted by molar-refractivity contribution is 5.87. The van der Waals surface area contributed by atoms with Crippen molar-refractivity contribution in [3.05, 3.63) is 29.8 Å². The molecule has 0 aliphatic carbocycles. The number of benzene rings is 1. The quantitative estimate of drug-likeness (QED) is 0.749. The maximum Gasteiger partial charge on any atom is 0.331 e. The molecule has 0 aromatic heterocycles. The average molecular weight is 307 g/mol. The van der Waals surface area contributed by atoms with Crippen molar-refractivity contribution >= 4 is 11.9 Å². The van der Waals surface area contributed by atoms with Gasteiger partial charge in [0.1, 0.15) is 11.3 Å². The highest BCUT2D eigenvalue weighted by atomic mass is 16.5. The van der Waals surface area contributed by atoms with E-state index in [-0.39, 0.29) is 5.91 Å². The number of carbonyl (C=O) groups is 2. The van der Waals surface area contributed by atoms with Gasteiger partial charge in [0.2, 0.25) is 5.91 Å². The number of esters is 1. The molecule has 1 atom stereocenters. The summed E-state index contributed by atoms with van der Waals surface area (Å²) in [6.07, 6.45) is 2.26. The Hall–Kier alpha value is -2.04. The topological polar surface area (TPSA) is 64.6 Å². The molecule has 1 rings (SSSR count). The number of rotatable bonds is 8. The van der Waals surface area contributed by atoms with Crippen LogP contribution in [0.2, 0.25) is 0 Å². The second-order valence-electron chi connectivity index (χ2n) is 5.47. The van der Waals surface area contributed by atoms with Crippen LogP contribution in [0.5, 0.6) is 5.75 Å². The molecule has 5 nitrogen and oxygen atoms in total. The molecule has 122 valence electrons. The van der Waals surface area contributed by atoms with Gasteiger partial charge in [0, 0.05) is 6.42 Å². The zero-order chi connectivity index (χ0) is 16.6. The number of carbonyl (C=O) groups excluding carboxylic acids is 2. The smallest absolute Gasteiger partial charge is 0.331 e. The van der Waals surface area contributed by atoms with Gasteiger partial charge in [-0.3, -0.25) is 4.79 Å². The van der Waals surface area contributed by atoms with Crippen molar-refractivity contribution in [1.29, 1.82) is 0 Å². The van der Waals surface area contributed by atoms with Gasteiger partial charge in [0.15, 0.2) is 0 Å². The molecule has 0 spiro atoms. The molecule has 5 heteroatoms. The Balaban J connectivity index is 2.58. The molecule has 1 amide bonds. The van der Waals surface area contributed by atoms with Crippen LogP contribution in [0.3, 0.4) is 0 Å². The van der Waals surface area contributed by atoms with Crippen molar-refractivity contribution in [1.82, 2.24) is 5.32 Å². The van der Waals surface area contributed by atoms with E-state index in [0.29, 0.717) is 19.3 Å². The van der Waals surface area contributed by atoms with Gasteiger partial charge in [0.05, 0.1) is 14.2 Å². The molecule has 0 saturated heterocycles. The van der Waals surface area contributed by atoms with E-state index in [9.17, 15) is 9.59 Å². The maximum absolute atomic E-state index is 12.1. The molecule has 1 aromatic carbocycles. The summed E-state index contributed by atoms with van der Waals surface area (Å²) in [6, 6.07) is 7.58. The summed E-state index contributed by atoms with van der Waals surface area (Å²) in [6.45, 7) is 3.66. The summed E-state index contributed by atoms with van der Waals surface area (Å²) in [7, 11) is 2.95. The second kappa shape index (κ2) is 8.41. The standard InChI is InChI=1S/C17H25NO4/c1-5-12-17(2,16(20)22-4)18-15(19)11-8-13-6-9-14(21-3)10-7-13/h6-7,9-10H,5,8,11-12H2,1-4H3,(H,18,19). The van der Waals surface area contributed by atoms with Crippen LogP contribution in [0.25, 0.3) is 0 Å². The van der Waals surface area contributed by atoms with Crippen LogP contribution in [0.1, 0.15) is 38.7 Å². The number of amides is 1. The first-order valence-electron chi connectivity index (χ1n) is 7.47. The van der Waals surface area contributed by atoms with Gasteiger partial charge in [-0.05, 0) is 37.5 Å². The lowest BCUT2D eigenvalue weighted by atomic mass is 9.95. The molecule has 1 N–H and O–H groups in total. The van der Waals surface area contributed by atoms with E-state index < -0.39 is 11.5 Å². The average Bonchev–Trinajstić information content (AvgIpc) is 2.52. The van der Waals surface area contributed by atoms with Crippen LogP contribution >= 0.6 is 0 Å². The number of hydrogen-bond acceptors (Lipinski definition) is 4. The van der Waals surface area contributed by atoms with Crippen LogP contribution < -0.4 is 10.1 Å². The van der Waals surface area contributed by atoms with Crippen LogP contribution in [0.4, 0.5) is 0 Å². The van der Waals surface area contributed by atoms with Crippen molar-refractivity contribution in [3.8, 4) is 5.75 Å². The van der Waals surface area contributed by atoms with Gasteiger partial charge < -0.3 is 14.8 Å². The fraction of sp³-hybridized carbons (Fsp3) is 0.529. The molecule has 22 heavy (non-hydrogen) atoms. The third-order valence-corrected chi connectivity index (χ3v) is 3.60. The summed E-state index contributed by atoms with van der Waals surface area (Å²) < 4.78 is 9.89. The van der Waals surface area contributed by atoms with Crippen molar-refractivity contribution in [2.45, 2.75) is 45.1 Å². The Labute approximate surface area is 132 Å². The zero-order valence-corrected chi connectivity index (χ0v) is 13.8. The lowest BCUT2D eigenvalue weighted by Gasteiger charge is -2.27. The monoisotopic (exact) mass is 307 g/mol. The molecule has 0 bridgehead atoms. The summed E-state index contributed by atoms with van der Waals surface area (Å²) in [5, 5.41) is 2.80. The first-order chi connectivity index (χ1) is 10.4. The Morgan fingerprint density at radius 1 is 1.18 bits per heavy atom. The van der Waals surface area contributed by atoms with Gasteiger partial charge in [-0.15, -0.1) is 0 Å². The molecule has 0 radical (unpaired) electrons. The van der Waals surface area contributed by atoms with Gasteiger partial charge in [0.25, 0.3) is 0 Å². The molecule has 1 unspecified atom stereocenters. The number of ether oxygens (including phenoxy) is 2. The normalized spacial score (nSPS) is 13.1. The van der Waals surface area contributed by atoms with Crippen LogP contribution in [0, 0.1) is 0 Å². The van der Waals surface area contributed by atoms with Crippen molar-refractivity contribution in [2.75, 3.05) is 14.2 Å². The minimum Gasteiger partial charge on any atom is -0.497 e. The zero-order valence-electron chi connectivity index (χ0n) is 13.8. The first-order valence-corrected chi connectivity index (χ1v) is 7.47. The number of methoxy groups -OCH3 is 2. The molecular formula is C17H25NO4. The Morgan fingerprint density at radius 3 is 2.32 bits per heavy atom. The van der Waals surface area contributed by atoms with Crippen LogP contribution in [-0.2, 0) is 20.7 Å². The van der Waals surface area contributed by atoms with Crippen molar-refractivity contribution in [3.63, 3.8) is 0 Å². The molecular weight excluding hydrogens is 282 g/mol. The predicted octanol–water partition coefficient (Wildman–Crippen LogP) is 2.48. The van der Waals surface area contributed by atoms with E-state index in [0.717, 1.165) is 17.7 Å². The minimum atomic E-state index is -0.958. The molecule has 0 fully saturated rings. The van der Waals surface area contributed by atoms with E-state index >= 15 is 0 Å². The lowest BCUT2D eigenvalue weighted by Crippen LogP contribution is -2.52. The third kappa shape index (κ3) is 5.06. The minimum absolute atomic E-state index is 0.155.